The Bertz CT molecular complexity index is 1290. The fourth-order valence-electron chi connectivity index (χ4n) is 7.59. The zero-order valence-electron chi connectivity index (χ0n) is 24.0. The van der Waals surface area contributed by atoms with E-state index in [1.807, 2.05) is 60.7 Å². The number of carbonyl (C=O) groups excluding carboxylic acids is 3. The molecule has 3 N–H and O–H groups in total. The molecule has 4 aliphatic heterocycles. The molecule has 42 heavy (non-hydrogen) atoms. The maximum absolute atomic E-state index is 14.5. The van der Waals surface area contributed by atoms with Crippen molar-refractivity contribution < 1.29 is 24.2 Å². The lowest BCUT2D eigenvalue weighted by Gasteiger charge is -2.37. The van der Waals surface area contributed by atoms with Crippen molar-refractivity contribution in [2.45, 2.75) is 47.8 Å². The van der Waals surface area contributed by atoms with Crippen molar-refractivity contribution in [2.75, 3.05) is 51.3 Å². The summed E-state index contributed by atoms with van der Waals surface area (Å²) in [6, 6.07) is 17.7. The van der Waals surface area contributed by atoms with Crippen LogP contribution in [0.1, 0.15) is 25.3 Å². The topological polar surface area (TPSA) is 111 Å². The molecular formula is C32H40N4O5S. The van der Waals surface area contributed by atoms with E-state index in [1.54, 1.807) is 16.7 Å². The largest absolute Gasteiger partial charge is 0.394 e. The molecule has 2 aromatic carbocycles. The Morgan fingerprint density at radius 2 is 1.74 bits per heavy atom. The molecule has 4 saturated heterocycles. The van der Waals surface area contributed by atoms with Crippen LogP contribution in [-0.4, -0.2) is 100 Å². The SMILES string of the molecule is C[C@]12CCC3(S1)C(C(=O)NCCN1CCOCC1)N([C@@H](CO)Cc1ccccc1)C(=O)[C@@H]3[C@H]2C(=O)Nc1ccccc1. The monoisotopic (exact) mass is 592 g/mol. The minimum atomic E-state index is -0.776. The number of thioether (sulfide) groups is 1. The highest BCUT2D eigenvalue weighted by Gasteiger charge is 2.77. The highest BCUT2D eigenvalue weighted by Crippen LogP contribution is 2.71. The van der Waals surface area contributed by atoms with Crippen LogP contribution >= 0.6 is 11.8 Å². The maximum Gasteiger partial charge on any atom is 0.244 e. The predicted molar refractivity (Wildman–Crippen MR) is 162 cm³/mol. The number of benzene rings is 2. The summed E-state index contributed by atoms with van der Waals surface area (Å²) < 4.78 is 4.24. The number of para-hydroxylation sites is 1. The lowest BCUT2D eigenvalue weighted by atomic mass is 9.66. The number of fused-ring (bicyclic) bond motifs is 1. The van der Waals surface area contributed by atoms with E-state index in [0.29, 0.717) is 44.8 Å². The second-order valence-corrected chi connectivity index (χ2v) is 14.0. The van der Waals surface area contributed by atoms with Gasteiger partial charge in [-0.05, 0) is 43.9 Å². The van der Waals surface area contributed by atoms with Crippen molar-refractivity contribution in [3.63, 3.8) is 0 Å². The number of ether oxygens (including phenoxy) is 1. The number of likely N-dealkylation sites (tertiary alicyclic amines) is 1. The second kappa shape index (κ2) is 12.0. The summed E-state index contributed by atoms with van der Waals surface area (Å²) in [6.07, 6.45) is 1.83. The van der Waals surface area contributed by atoms with Gasteiger partial charge in [0.15, 0.2) is 0 Å². The molecule has 10 heteroatoms. The Balaban J connectivity index is 1.31. The standard InChI is InChI=1S/C32H40N4O5S/c1-31-12-13-32(42-31)26(25(31)28(38)34-23-10-6-3-7-11-23)30(40)36(24(21-37)20-22-8-4-2-5-9-22)27(32)29(39)33-14-15-35-16-18-41-19-17-35/h2-11,24-27,37H,12-21H2,1H3,(H,33,39)(H,34,38)/t24-,25+,26+,27?,31-,32?/m1/s1. The highest BCUT2D eigenvalue weighted by atomic mass is 32.2. The first-order valence-electron chi connectivity index (χ1n) is 15.0. The molecule has 4 fully saturated rings. The van der Waals surface area contributed by atoms with Gasteiger partial charge in [0.1, 0.15) is 6.04 Å². The van der Waals surface area contributed by atoms with Crippen molar-refractivity contribution in [1.82, 2.24) is 15.1 Å². The van der Waals surface area contributed by atoms with Gasteiger partial charge < -0.3 is 25.4 Å². The number of carbonyl (C=O) groups is 3. The van der Waals surface area contributed by atoms with Crippen molar-refractivity contribution in [3.8, 4) is 0 Å². The summed E-state index contributed by atoms with van der Waals surface area (Å²) in [4.78, 5) is 46.5. The molecule has 3 amide bonds. The van der Waals surface area contributed by atoms with Crippen LogP contribution in [0.25, 0.3) is 0 Å². The fourth-order valence-corrected chi connectivity index (χ4v) is 9.94. The highest BCUT2D eigenvalue weighted by molar-refractivity contribution is 8.02. The van der Waals surface area contributed by atoms with Gasteiger partial charge in [-0.1, -0.05) is 48.5 Å². The average Bonchev–Trinajstić information content (AvgIpc) is 3.58. The minimum absolute atomic E-state index is 0.187. The van der Waals surface area contributed by atoms with Gasteiger partial charge in [-0.3, -0.25) is 19.3 Å². The summed E-state index contributed by atoms with van der Waals surface area (Å²) >= 11 is 1.65. The predicted octanol–water partition coefficient (Wildman–Crippen LogP) is 2.16. The molecule has 1 spiro atoms. The number of morpholine rings is 1. The summed E-state index contributed by atoms with van der Waals surface area (Å²) in [6.45, 7) is 5.97. The fraction of sp³-hybridized carbons (Fsp3) is 0.531. The smallest absolute Gasteiger partial charge is 0.244 e. The third-order valence-corrected chi connectivity index (χ3v) is 11.5. The number of aliphatic hydroxyl groups is 1. The van der Waals surface area contributed by atoms with E-state index in [9.17, 15) is 19.5 Å². The van der Waals surface area contributed by atoms with Crippen LogP contribution in [0, 0.1) is 11.8 Å². The number of hydrogen-bond acceptors (Lipinski definition) is 7. The van der Waals surface area contributed by atoms with Crippen LogP contribution in [0.15, 0.2) is 60.7 Å². The summed E-state index contributed by atoms with van der Waals surface area (Å²) in [7, 11) is 0. The van der Waals surface area contributed by atoms with E-state index < -0.39 is 33.4 Å². The van der Waals surface area contributed by atoms with Crippen molar-refractivity contribution >= 4 is 35.2 Å². The number of nitrogens with zero attached hydrogens (tertiary/aromatic N) is 2. The Morgan fingerprint density at radius 1 is 1.05 bits per heavy atom. The van der Waals surface area contributed by atoms with Gasteiger partial charge in [0, 0.05) is 36.6 Å². The molecule has 0 radical (unpaired) electrons. The molecule has 4 aliphatic rings. The third kappa shape index (κ3) is 5.23. The van der Waals surface area contributed by atoms with E-state index >= 15 is 0 Å². The Kier molecular flexibility index (Phi) is 8.33. The zero-order valence-corrected chi connectivity index (χ0v) is 24.9. The number of aliphatic hydroxyl groups excluding tert-OH is 1. The molecule has 6 rings (SSSR count). The number of nitrogens with one attached hydrogen (secondary N) is 2. The van der Waals surface area contributed by atoms with Crippen LogP contribution in [0.4, 0.5) is 5.69 Å². The Hall–Kier alpha value is -2.92. The summed E-state index contributed by atoms with van der Waals surface area (Å²) in [5.74, 6) is -1.83. The Labute approximate surface area is 251 Å². The van der Waals surface area contributed by atoms with Crippen LogP contribution in [0.3, 0.4) is 0 Å². The molecule has 0 aromatic heterocycles. The summed E-state index contributed by atoms with van der Waals surface area (Å²) in [5, 5.41) is 16.8. The van der Waals surface area contributed by atoms with Crippen LogP contribution in [-0.2, 0) is 25.5 Å². The molecule has 2 aromatic rings. The number of rotatable bonds is 10. The van der Waals surface area contributed by atoms with Gasteiger partial charge >= 0.3 is 0 Å². The van der Waals surface area contributed by atoms with E-state index in [-0.39, 0.29) is 24.3 Å². The average molecular weight is 593 g/mol. The minimum Gasteiger partial charge on any atom is -0.394 e. The lowest BCUT2D eigenvalue weighted by Crippen LogP contribution is -2.57. The van der Waals surface area contributed by atoms with Gasteiger partial charge in [-0.25, -0.2) is 0 Å². The molecule has 2 unspecified atom stereocenters. The van der Waals surface area contributed by atoms with Gasteiger partial charge in [-0.2, -0.15) is 0 Å². The van der Waals surface area contributed by atoms with Crippen LogP contribution in [0.2, 0.25) is 0 Å². The third-order valence-electron chi connectivity index (χ3n) is 9.54. The quantitative estimate of drug-likeness (QED) is 0.388. The van der Waals surface area contributed by atoms with Gasteiger partial charge in [0.05, 0.1) is 42.4 Å². The molecular weight excluding hydrogens is 552 g/mol. The van der Waals surface area contributed by atoms with Crippen molar-refractivity contribution in [3.05, 3.63) is 66.2 Å². The van der Waals surface area contributed by atoms with Crippen molar-refractivity contribution in [2.24, 2.45) is 11.8 Å². The lowest BCUT2D eigenvalue weighted by molar-refractivity contribution is -0.142. The second-order valence-electron chi connectivity index (χ2n) is 12.1. The first-order valence-corrected chi connectivity index (χ1v) is 15.8. The van der Waals surface area contributed by atoms with E-state index in [2.05, 4.69) is 22.5 Å². The van der Waals surface area contributed by atoms with Crippen LogP contribution in [0.5, 0.6) is 0 Å². The van der Waals surface area contributed by atoms with E-state index in [0.717, 1.165) is 25.1 Å². The molecule has 6 atom stereocenters. The molecule has 0 aliphatic carbocycles. The molecule has 4 heterocycles. The molecule has 2 bridgehead atoms. The van der Waals surface area contributed by atoms with Crippen LogP contribution < -0.4 is 10.6 Å². The normalized spacial score (nSPS) is 31.1. The summed E-state index contributed by atoms with van der Waals surface area (Å²) in [5.41, 5.74) is 1.66. The Morgan fingerprint density at radius 3 is 2.43 bits per heavy atom. The van der Waals surface area contributed by atoms with Gasteiger partial charge in [0.2, 0.25) is 17.7 Å². The maximum atomic E-state index is 14.5. The van der Waals surface area contributed by atoms with Gasteiger partial charge in [0.25, 0.3) is 0 Å². The molecule has 0 saturated carbocycles. The first-order chi connectivity index (χ1) is 20.4. The number of hydrogen-bond donors (Lipinski definition) is 3. The van der Waals surface area contributed by atoms with E-state index in [1.165, 1.54) is 0 Å². The zero-order chi connectivity index (χ0) is 29.3. The van der Waals surface area contributed by atoms with Crippen molar-refractivity contribution in [1.29, 1.82) is 0 Å². The first kappa shape index (κ1) is 29.2. The molecule has 224 valence electrons. The number of amides is 3. The molecule has 9 nitrogen and oxygen atoms in total. The van der Waals surface area contributed by atoms with E-state index in [4.69, 9.17) is 4.74 Å². The van der Waals surface area contributed by atoms with Gasteiger partial charge in [-0.15, -0.1) is 11.8 Å². The number of anilines is 1.